The third kappa shape index (κ3) is 5.42. The van der Waals surface area contributed by atoms with E-state index >= 15 is 0 Å². The first-order chi connectivity index (χ1) is 20.9. The Hall–Kier alpha value is -4.82. The van der Waals surface area contributed by atoms with Crippen LogP contribution < -0.4 is 5.32 Å². The number of rotatable bonds is 6. The number of hydrogen-bond acceptors (Lipinski definition) is 5. The molecule has 216 valence electrons. The highest BCUT2D eigenvalue weighted by molar-refractivity contribution is 6.05. The largest absolute Gasteiger partial charge is 0.339 e. The van der Waals surface area contributed by atoms with Crippen molar-refractivity contribution in [2.24, 2.45) is 0 Å². The average molecular weight is 571 g/mol. The van der Waals surface area contributed by atoms with E-state index in [1.54, 1.807) is 6.33 Å². The lowest BCUT2D eigenvalue weighted by atomic mass is 10.0. The van der Waals surface area contributed by atoms with E-state index in [-0.39, 0.29) is 11.8 Å². The Kier molecular flexibility index (Phi) is 6.99. The fourth-order valence-electron chi connectivity index (χ4n) is 5.84. The molecule has 2 amide bonds. The Bertz CT molecular complexity index is 1810. The van der Waals surface area contributed by atoms with Crippen molar-refractivity contribution in [2.75, 3.05) is 38.5 Å². The number of likely N-dealkylation sites (N-methyl/N-ethyl adjacent to an activating group) is 1. The van der Waals surface area contributed by atoms with Crippen LogP contribution in [-0.4, -0.2) is 69.8 Å². The van der Waals surface area contributed by atoms with Crippen LogP contribution in [0.4, 0.5) is 5.69 Å². The van der Waals surface area contributed by atoms with Crippen LogP contribution in [0.1, 0.15) is 50.6 Å². The van der Waals surface area contributed by atoms with Crippen molar-refractivity contribution in [1.82, 2.24) is 24.8 Å². The summed E-state index contributed by atoms with van der Waals surface area (Å²) >= 11 is 0. The first kappa shape index (κ1) is 27.0. The lowest BCUT2D eigenvalue weighted by Crippen LogP contribution is -2.47. The van der Waals surface area contributed by atoms with Crippen LogP contribution in [0.2, 0.25) is 0 Å². The van der Waals surface area contributed by atoms with Crippen LogP contribution in [0.15, 0.2) is 79.1 Å². The van der Waals surface area contributed by atoms with E-state index in [0.717, 1.165) is 71.0 Å². The molecule has 2 fully saturated rings. The standard InChI is InChI=1S/C35H34N6O2/c1-22-28(4-3-5-30(22)39-34(42)26-12-8-24(9-13-26)23-6-7-23)32-29-20-31(38-33(29)37-21-36-32)25-10-14-27(15-11-25)35(43)41-18-16-40(2)17-19-41/h3-5,8-15,20-21,23H,6-7,16-19H2,1-2H3,(H,39,42)(H,36,37,38). The van der Waals surface area contributed by atoms with Gasteiger partial charge >= 0.3 is 0 Å². The molecule has 3 aromatic carbocycles. The first-order valence-corrected chi connectivity index (χ1v) is 14.9. The molecule has 5 aromatic rings. The third-order valence-corrected chi connectivity index (χ3v) is 8.72. The second-order valence-corrected chi connectivity index (χ2v) is 11.7. The summed E-state index contributed by atoms with van der Waals surface area (Å²) in [5.74, 6) is 0.599. The normalized spacial score (nSPS) is 15.5. The Labute approximate surface area is 250 Å². The van der Waals surface area contributed by atoms with Gasteiger partial charge in [0, 0.05) is 59.6 Å². The maximum atomic E-state index is 13.1. The van der Waals surface area contributed by atoms with Gasteiger partial charge < -0.3 is 20.1 Å². The molecule has 8 nitrogen and oxygen atoms in total. The zero-order valence-electron chi connectivity index (χ0n) is 24.4. The number of carbonyl (C=O) groups excluding carboxylic acids is 2. The number of hydrogen-bond donors (Lipinski definition) is 2. The van der Waals surface area contributed by atoms with Crippen LogP contribution in [0.5, 0.6) is 0 Å². The van der Waals surface area contributed by atoms with Gasteiger partial charge in [-0.1, -0.05) is 36.4 Å². The van der Waals surface area contributed by atoms with Gasteiger partial charge in [-0.3, -0.25) is 9.59 Å². The molecule has 2 N–H and O–H groups in total. The number of amides is 2. The number of fused-ring (bicyclic) bond motifs is 1. The second-order valence-electron chi connectivity index (χ2n) is 11.7. The lowest BCUT2D eigenvalue weighted by molar-refractivity contribution is 0.0664. The van der Waals surface area contributed by atoms with Gasteiger partial charge in [0.1, 0.15) is 12.0 Å². The van der Waals surface area contributed by atoms with Gasteiger partial charge in [0.05, 0.1) is 5.69 Å². The highest BCUT2D eigenvalue weighted by Crippen LogP contribution is 2.40. The number of carbonyl (C=O) groups is 2. The van der Waals surface area contributed by atoms with Gasteiger partial charge in [0.15, 0.2) is 0 Å². The van der Waals surface area contributed by atoms with Crippen molar-refractivity contribution in [1.29, 1.82) is 0 Å². The smallest absolute Gasteiger partial charge is 0.255 e. The van der Waals surface area contributed by atoms with Gasteiger partial charge in [-0.15, -0.1) is 0 Å². The molecule has 1 saturated heterocycles. The summed E-state index contributed by atoms with van der Waals surface area (Å²) in [6, 6.07) is 23.6. The summed E-state index contributed by atoms with van der Waals surface area (Å²) in [5, 5.41) is 3.98. The minimum atomic E-state index is -0.131. The van der Waals surface area contributed by atoms with Crippen LogP contribution in [0.25, 0.3) is 33.5 Å². The minimum absolute atomic E-state index is 0.0715. The zero-order valence-corrected chi connectivity index (χ0v) is 24.4. The molecule has 0 radical (unpaired) electrons. The Balaban J connectivity index is 1.13. The molecule has 7 rings (SSSR count). The van der Waals surface area contributed by atoms with Crippen molar-refractivity contribution >= 4 is 28.5 Å². The van der Waals surface area contributed by atoms with Gasteiger partial charge in [-0.25, -0.2) is 9.97 Å². The molecule has 1 aliphatic heterocycles. The number of nitrogens with zero attached hydrogens (tertiary/aromatic N) is 4. The topological polar surface area (TPSA) is 94.2 Å². The van der Waals surface area contributed by atoms with E-state index in [1.807, 2.05) is 72.5 Å². The quantitative estimate of drug-likeness (QED) is 0.257. The molecule has 8 heteroatoms. The van der Waals surface area contributed by atoms with Crippen molar-refractivity contribution in [2.45, 2.75) is 25.7 Å². The molecule has 2 aromatic heterocycles. The molecule has 2 aliphatic rings. The Morgan fingerprint density at radius 3 is 2.33 bits per heavy atom. The highest BCUT2D eigenvalue weighted by Gasteiger charge is 2.24. The predicted molar refractivity (Wildman–Crippen MR) is 169 cm³/mol. The number of benzene rings is 3. The molecular weight excluding hydrogens is 536 g/mol. The second kappa shape index (κ2) is 11.1. The summed E-state index contributed by atoms with van der Waals surface area (Å²) in [5.41, 5.74) is 8.62. The van der Waals surface area contributed by atoms with Gasteiger partial charge in [-0.2, -0.15) is 0 Å². The van der Waals surface area contributed by atoms with E-state index in [4.69, 9.17) is 0 Å². The summed E-state index contributed by atoms with van der Waals surface area (Å²) < 4.78 is 0. The van der Waals surface area contributed by atoms with Crippen molar-refractivity contribution in [3.63, 3.8) is 0 Å². The highest BCUT2D eigenvalue weighted by atomic mass is 16.2. The Morgan fingerprint density at radius 2 is 1.60 bits per heavy atom. The first-order valence-electron chi connectivity index (χ1n) is 14.9. The van der Waals surface area contributed by atoms with Gasteiger partial charge in [-0.05, 0) is 85.8 Å². The number of aromatic amines is 1. The predicted octanol–water partition coefficient (Wildman–Crippen LogP) is 6.12. The van der Waals surface area contributed by atoms with Crippen LogP contribution in [-0.2, 0) is 0 Å². The van der Waals surface area contributed by atoms with E-state index in [0.29, 0.717) is 17.0 Å². The zero-order chi connectivity index (χ0) is 29.5. The average Bonchev–Trinajstić information content (AvgIpc) is 3.80. The minimum Gasteiger partial charge on any atom is -0.339 e. The Morgan fingerprint density at radius 1 is 0.884 bits per heavy atom. The summed E-state index contributed by atoms with van der Waals surface area (Å²) in [4.78, 5) is 42.8. The van der Waals surface area contributed by atoms with E-state index in [9.17, 15) is 9.59 Å². The summed E-state index contributed by atoms with van der Waals surface area (Å²) in [7, 11) is 2.08. The van der Waals surface area contributed by atoms with Crippen molar-refractivity contribution in [3.8, 4) is 22.5 Å². The number of aromatic nitrogens is 3. The van der Waals surface area contributed by atoms with Gasteiger partial charge in [0.25, 0.3) is 11.8 Å². The fourth-order valence-corrected chi connectivity index (χ4v) is 5.84. The molecule has 0 spiro atoms. The number of nitrogens with one attached hydrogen (secondary N) is 2. The maximum Gasteiger partial charge on any atom is 0.255 e. The van der Waals surface area contributed by atoms with Crippen LogP contribution >= 0.6 is 0 Å². The molecule has 1 saturated carbocycles. The number of anilines is 1. The lowest BCUT2D eigenvalue weighted by Gasteiger charge is -2.32. The van der Waals surface area contributed by atoms with Gasteiger partial charge in [0.2, 0.25) is 0 Å². The molecule has 0 unspecified atom stereocenters. The van der Waals surface area contributed by atoms with E-state index < -0.39 is 0 Å². The number of H-pyrrole nitrogens is 1. The SMILES string of the molecule is Cc1c(NC(=O)c2ccc(C3CC3)cc2)cccc1-c1ncnc2[nH]c(-c3ccc(C(=O)N4CCN(C)CC4)cc3)cc12. The fraction of sp³-hybridized carbons (Fsp3) is 0.257. The van der Waals surface area contributed by atoms with Crippen LogP contribution in [0.3, 0.4) is 0 Å². The summed E-state index contributed by atoms with van der Waals surface area (Å²) in [6.45, 7) is 5.28. The van der Waals surface area contributed by atoms with E-state index in [2.05, 4.69) is 44.3 Å². The van der Waals surface area contributed by atoms with Crippen LogP contribution in [0, 0.1) is 6.92 Å². The molecular formula is C35H34N6O2. The molecule has 3 heterocycles. The third-order valence-electron chi connectivity index (χ3n) is 8.72. The molecule has 0 atom stereocenters. The van der Waals surface area contributed by atoms with E-state index in [1.165, 1.54) is 18.4 Å². The maximum absolute atomic E-state index is 13.1. The van der Waals surface area contributed by atoms with Crippen molar-refractivity contribution in [3.05, 3.63) is 101 Å². The molecule has 43 heavy (non-hydrogen) atoms. The summed E-state index contributed by atoms with van der Waals surface area (Å²) in [6.07, 6.45) is 4.03. The molecule has 1 aliphatic carbocycles. The molecule has 0 bridgehead atoms. The number of piperazine rings is 1. The van der Waals surface area contributed by atoms with Crippen molar-refractivity contribution < 1.29 is 9.59 Å². The monoisotopic (exact) mass is 570 g/mol.